The first kappa shape index (κ1) is 22.9. The molecule has 4 rings (SSSR count). The molecule has 2 aromatic rings. The molecule has 33 heavy (non-hydrogen) atoms. The number of anilines is 1. The number of carbonyl (C=O) groups excluding carboxylic acids is 1. The summed E-state index contributed by atoms with van der Waals surface area (Å²) in [6, 6.07) is 15.5. The van der Waals surface area contributed by atoms with E-state index in [2.05, 4.69) is 5.32 Å². The maximum atomic E-state index is 11.3. The molecule has 2 aliphatic rings. The molecule has 0 atom stereocenters. The van der Waals surface area contributed by atoms with E-state index in [4.69, 9.17) is 14.0 Å². The van der Waals surface area contributed by atoms with E-state index >= 15 is 0 Å². The molecular formula is C24H26N3O5S+. The van der Waals surface area contributed by atoms with E-state index in [1.165, 1.54) is 0 Å². The van der Waals surface area contributed by atoms with Crippen LogP contribution in [0.2, 0.25) is 0 Å². The van der Waals surface area contributed by atoms with Crippen molar-refractivity contribution < 1.29 is 22.2 Å². The number of Topliss-reactive ketones (excluding diaryl/α,β-unsaturated/α-hetero) is 1. The Morgan fingerprint density at radius 1 is 1.15 bits per heavy atom. The van der Waals surface area contributed by atoms with Gasteiger partial charge in [0, 0.05) is 35.1 Å². The lowest BCUT2D eigenvalue weighted by molar-refractivity contribution is -0.116. The minimum atomic E-state index is -3.99. The number of benzene rings is 3. The fraction of sp³-hybridized carbons (Fsp3) is 0.292. The Labute approximate surface area is 191 Å². The Hall–Kier alpha value is -3.30. The van der Waals surface area contributed by atoms with Crippen LogP contribution >= 0.6 is 0 Å². The molecule has 8 nitrogen and oxygen atoms in total. The summed E-state index contributed by atoms with van der Waals surface area (Å²) in [5, 5.41) is 6.04. The fourth-order valence-corrected chi connectivity index (χ4v) is 4.27. The third-order valence-electron chi connectivity index (χ3n) is 5.51. The highest BCUT2D eigenvalue weighted by atomic mass is 32.2. The first-order valence-corrected chi connectivity index (χ1v) is 12.3. The van der Waals surface area contributed by atoms with E-state index in [9.17, 15) is 13.2 Å². The van der Waals surface area contributed by atoms with E-state index in [1.807, 2.05) is 60.2 Å². The Kier molecular flexibility index (Phi) is 6.44. The molecule has 0 spiro atoms. The maximum absolute atomic E-state index is 11.3. The average molecular weight is 469 g/mol. The smallest absolute Gasteiger partial charge is 0.264 e. The zero-order chi connectivity index (χ0) is 23.6. The molecule has 172 valence electrons. The van der Waals surface area contributed by atoms with Gasteiger partial charge in [-0.15, -0.1) is 0 Å². The molecule has 1 aliphatic heterocycles. The second-order valence-electron chi connectivity index (χ2n) is 8.12. The lowest BCUT2D eigenvalue weighted by Crippen LogP contribution is -2.27. The van der Waals surface area contributed by atoms with E-state index < -0.39 is 10.1 Å². The van der Waals surface area contributed by atoms with Crippen molar-refractivity contribution >= 4 is 43.5 Å². The predicted octanol–water partition coefficient (Wildman–Crippen LogP) is 3.16. The van der Waals surface area contributed by atoms with Gasteiger partial charge in [-0.05, 0) is 19.4 Å². The molecule has 0 amide bonds. The van der Waals surface area contributed by atoms with Gasteiger partial charge in [-0.3, -0.25) is 9.35 Å². The van der Waals surface area contributed by atoms with Crippen molar-refractivity contribution in [3.8, 4) is 11.5 Å². The third-order valence-corrected chi connectivity index (χ3v) is 6.32. The first-order valence-electron chi connectivity index (χ1n) is 10.7. The van der Waals surface area contributed by atoms with Crippen LogP contribution in [0.3, 0.4) is 0 Å². The average Bonchev–Trinajstić information content (AvgIpc) is 2.78. The molecular weight excluding hydrogens is 442 g/mol. The summed E-state index contributed by atoms with van der Waals surface area (Å²) in [6.07, 6.45) is 0.745. The van der Waals surface area contributed by atoms with Crippen LogP contribution in [0, 0.1) is 0 Å². The number of nitrogens with one attached hydrogen (secondary N) is 1. The monoisotopic (exact) mass is 468 g/mol. The van der Waals surface area contributed by atoms with Crippen molar-refractivity contribution in [2.45, 2.75) is 19.8 Å². The van der Waals surface area contributed by atoms with Crippen molar-refractivity contribution in [3.05, 3.63) is 53.9 Å². The van der Waals surface area contributed by atoms with Crippen LogP contribution in [-0.4, -0.2) is 49.6 Å². The van der Waals surface area contributed by atoms with Crippen LogP contribution < -0.4 is 15.2 Å². The van der Waals surface area contributed by atoms with E-state index in [-0.39, 0.29) is 18.0 Å². The quantitative estimate of drug-likeness (QED) is 0.134. The molecule has 0 unspecified atom stereocenters. The fourth-order valence-electron chi connectivity index (χ4n) is 3.76. The van der Waals surface area contributed by atoms with Crippen LogP contribution in [0.1, 0.15) is 19.8 Å². The Morgan fingerprint density at radius 3 is 2.64 bits per heavy atom. The second-order valence-corrected chi connectivity index (χ2v) is 9.69. The van der Waals surface area contributed by atoms with Crippen LogP contribution in [0.4, 0.5) is 5.69 Å². The minimum Gasteiger partial charge on any atom is -0.452 e. The van der Waals surface area contributed by atoms with Gasteiger partial charge < -0.3 is 9.73 Å². The summed E-state index contributed by atoms with van der Waals surface area (Å²) in [5.74, 6) is 0.466. The van der Waals surface area contributed by atoms with E-state index in [0.29, 0.717) is 30.9 Å². The number of hydrogen-bond acceptors (Lipinski definition) is 6. The normalized spacial score (nSPS) is 12.9. The van der Waals surface area contributed by atoms with Gasteiger partial charge in [0.1, 0.15) is 30.6 Å². The first-order chi connectivity index (χ1) is 15.7. The highest BCUT2D eigenvalue weighted by Crippen LogP contribution is 2.33. The summed E-state index contributed by atoms with van der Waals surface area (Å²) >= 11 is 0. The molecule has 0 saturated heterocycles. The summed E-state index contributed by atoms with van der Waals surface area (Å²) in [5.41, 5.74) is 2.86. The SMILES string of the molecule is CC(=O)CC[N+](C)=c1ccc2nc3c(cc(NCCCS(=O)(=O)O)c4ccccc43)oc-2c1. The van der Waals surface area contributed by atoms with Crippen molar-refractivity contribution in [1.29, 1.82) is 0 Å². The van der Waals surface area contributed by atoms with Gasteiger partial charge in [0.25, 0.3) is 10.1 Å². The number of aromatic nitrogens is 1. The molecule has 0 saturated carbocycles. The Morgan fingerprint density at radius 2 is 1.91 bits per heavy atom. The number of fused-ring (bicyclic) bond motifs is 4. The number of rotatable bonds is 8. The van der Waals surface area contributed by atoms with Crippen LogP contribution in [0.25, 0.3) is 33.3 Å². The van der Waals surface area contributed by atoms with E-state index in [1.54, 1.807) is 6.92 Å². The van der Waals surface area contributed by atoms with Gasteiger partial charge >= 0.3 is 0 Å². The largest absolute Gasteiger partial charge is 0.452 e. The van der Waals surface area contributed by atoms with Crippen molar-refractivity contribution in [1.82, 2.24) is 9.56 Å². The summed E-state index contributed by atoms with van der Waals surface area (Å²) < 4.78 is 39.2. The second kappa shape index (κ2) is 9.29. The van der Waals surface area contributed by atoms with Gasteiger partial charge in [-0.2, -0.15) is 8.42 Å². The summed E-state index contributed by atoms with van der Waals surface area (Å²) in [6.45, 7) is 2.57. The number of hydrogen-bond donors (Lipinski definition) is 2. The standard InChI is InChI=1S/C24H25N3O5S/c1-16(28)10-12-27(2)17-8-9-20-22(14-17)32-23-15-21(25-11-5-13-33(29,30)31)18-6-3-4-7-19(18)24(23)26-20/h3-4,6-9,14-15H,5,10-13H2,1-2H3,(H,29,30,31)/p+1. The molecule has 1 aliphatic carbocycles. The zero-order valence-electron chi connectivity index (χ0n) is 18.5. The molecule has 0 fully saturated rings. The predicted molar refractivity (Wildman–Crippen MR) is 129 cm³/mol. The number of ketones is 1. The number of carbonyl (C=O) groups is 1. The zero-order valence-corrected chi connectivity index (χ0v) is 19.4. The van der Waals surface area contributed by atoms with Crippen LogP contribution in [0.5, 0.6) is 0 Å². The topological polar surface area (TPSA) is 113 Å². The highest BCUT2D eigenvalue weighted by Gasteiger charge is 2.15. The summed E-state index contributed by atoms with van der Waals surface area (Å²) in [7, 11) is -2.06. The van der Waals surface area contributed by atoms with Gasteiger partial charge in [0.05, 0.1) is 18.2 Å². The molecule has 2 aromatic carbocycles. The maximum Gasteiger partial charge on any atom is 0.264 e. The Balaban J connectivity index is 1.78. The highest BCUT2D eigenvalue weighted by molar-refractivity contribution is 7.85. The third kappa shape index (κ3) is 5.37. The molecule has 2 N–H and O–H groups in total. The van der Waals surface area contributed by atoms with Crippen molar-refractivity contribution in [2.75, 3.05) is 31.2 Å². The minimum absolute atomic E-state index is 0.142. The van der Waals surface area contributed by atoms with Gasteiger partial charge in [-0.1, -0.05) is 24.3 Å². The number of nitrogens with zero attached hydrogens (tertiary/aromatic N) is 2. The van der Waals surface area contributed by atoms with Crippen molar-refractivity contribution in [3.63, 3.8) is 0 Å². The van der Waals surface area contributed by atoms with Crippen LogP contribution in [0.15, 0.2) is 52.9 Å². The van der Waals surface area contributed by atoms with Gasteiger partial charge in [0.2, 0.25) is 5.36 Å². The molecule has 1 heterocycles. The molecule has 0 radical (unpaired) electrons. The van der Waals surface area contributed by atoms with Gasteiger partial charge in [0.15, 0.2) is 11.3 Å². The molecule has 0 bridgehead atoms. The molecule has 0 aromatic heterocycles. The van der Waals surface area contributed by atoms with Crippen molar-refractivity contribution in [2.24, 2.45) is 0 Å². The lowest BCUT2D eigenvalue weighted by Gasteiger charge is -2.13. The lowest BCUT2D eigenvalue weighted by atomic mass is 10.1. The Bertz CT molecular complexity index is 1490. The molecule has 9 heteroatoms. The summed E-state index contributed by atoms with van der Waals surface area (Å²) in [4.78, 5) is 16.2. The van der Waals surface area contributed by atoms with Crippen LogP contribution in [-0.2, 0) is 14.9 Å². The van der Waals surface area contributed by atoms with E-state index in [0.717, 1.165) is 33.0 Å². The van der Waals surface area contributed by atoms with Gasteiger partial charge in [-0.25, -0.2) is 9.56 Å².